The molecule has 2 amide bonds. The maximum atomic E-state index is 12.8. The number of esters is 2. The van der Waals surface area contributed by atoms with Gasteiger partial charge in [-0.05, 0) is 23.3 Å². The number of carbonyl (C=O) groups is 3. The van der Waals surface area contributed by atoms with Crippen LogP contribution in [0.3, 0.4) is 0 Å². The van der Waals surface area contributed by atoms with Crippen LogP contribution >= 0.6 is 0 Å². The SMILES string of the molecule is COC(=O)[C@H](Cc1c[nH]c2ccccc12)NC(=O)N[C@@H](Cc1c[nH]c2ccccc12)C(=O)OC. The Morgan fingerprint density at radius 1 is 0.735 bits per heavy atom. The predicted octanol–water partition coefficient (Wildman–Crippen LogP) is 2.82. The third-order valence-electron chi connectivity index (χ3n) is 5.78. The highest BCUT2D eigenvalue weighted by atomic mass is 16.5. The lowest BCUT2D eigenvalue weighted by atomic mass is 10.0. The van der Waals surface area contributed by atoms with Crippen molar-refractivity contribution in [1.29, 1.82) is 0 Å². The predicted molar refractivity (Wildman–Crippen MR) is 127 cm³/mol. The Labute approximate surface area is 195 Å². The molecule has 176 valence electrons. The molecule has 4 rings (SSSR count). The zero-order valence-electron chi connectivity index (χ0n) is 18.9. The Hall–Kier alpha value is -4.27. The number of para-hydroxylation sites is 2. The van der Waals surface area contributed by atoms with Crippen LogP contribution in [0.2, 0.25) is 0 Å². The molecule has 4 aromatic rings. The van der Waals surface area contributed by atoms with Gasteiger partial charge in [0.05, 0.1) is 14.2 Å². The summed E-state index contributed by atoms with van der Waals surface area (Å²) in [6, 6.07) is 12.8. The van der Waals surface area contributed by atoms with Crippen LogP contribution in [0.5, 0.6) is 0 Å². The fraction of sp³-hybridized carbons (Fsp3) is 0.240. The van der Waals surface area contributed by atoms with Gasteiger partial charge in [-0.2, -0.15) is 0 Å². The Kier molecular flexibility index (Phi) is 6.82. The number of aromatic nitrogens is 2. The third kappa shape index (κ3) is 4.88. The second kappa shape index (κ2) is 10.1. The summed E-state index contributed by atoms with van der Waals surface area (Å²) in [5, 5.41) is 7.18. The molecule has 9 nitrogen and oxygen atoms in total. The van der Waals surface area contributed by atoms with Crippen LogP contribution in [0.4, 0.5) is 4.79 Å². The van der Waals surface area contributed by atoms with E-state index in [9.17, 15) is 14.4 Å². The molecule has 2 aromatic heterocycles. The molecule has 0 unspecified atom stereocenters. The van der Waals surface area contributed by atoms with Crippen molar-refractivity contribution in [3.63, 3.8) is 0 Å². The van der Waals surface area contributed by atoms with E-state index in [1.54, 1.807) is 12.4 Å². The first-order valence-corrected chi connectivity index (χ1v) is 10.8. The number of fused-ring (bicyclic) bond motifs is 2. The van der Waals surface area contributed by atoms with Gasteiger partial charge in [-0.25, -0.2) is 14.4 Å². The zero-order valence-corrected chi connectivity index (χ0v) is 18.9. The highest BCUT2D eigenvalue weighted by Gasteiger charge is 2.27. The summed E-state index contributed by atoms with van der Waals surface area (Å²) in [4.78, 5) is 44.0. The second-order valence-corrected chi connectivity index (χ2v) is 7.90. The van der Waals surface area contributed by atoms with Crippen molar-refractivity contribution in [2.75, 3.05) is 14.2 Å². The summed E-state index contributed by atoms with van der Waals surface area (Å²) < 4.78 is 9.79. The number of amides is 2. The number of H-pyrrole nitrogens is 2. The highest BCUT2D eigenvalue weighted by Crippen LogP contribution is 2.20. The van der Waals surface area contributed by atoms with Crippen LogP contribution in [-0.2, 0) is 31.9 Å². The maximum Gasteiger partial charge on any atom is 0.328 e. The first-order chi connectivity index (χ1) is 16.5. The van der Waals surface area contributed by atoms with Gasteiger partial charge in [-0.1, -0.05) is 36.4 Å². The first kappa shape index (κ1) is 22.9. The van der Waals surface area contributed by atoms with Crippen molar-refractivity contribution >= 4 is 39.8 Å². The molecule has 0 fully saturated rings. The third-order valence-corrected chi connectivity index (χ3v) is 5.78. The van der Waals surface area contributed by atoms with Crippen LogP contribution in [0.15, 0.2) is 60.9 Å². The molecule has 0 aliphatic carbocycles. The van der Waals surface area contributed by atoms with Gasteiger partial charge >= 0.3 is 18.0 Å². The smallest absolute Gasteiger partial charge is 0.328 e. The lowest BCUT2D eigenvalue weighted by molar-refractivity contribution is -0.143. The summed E-state index contributed by atoms with van der Waals surface area (Å²) >= 11 is 0. The maximum absolute atomic E-state index is 12.8. The Balaban J connectivity index is 1.49. The van der Waals surface area contributed by atoms with Crippen molar-refractivity contribution in [2.45, 2.75) is 24.9 Å². The lowest BCUT2D eigenvalue weighted by Crippen LogP contribution is -2.52. The molecule has 0 saturated carbocycles. The number of rotatable bonds is 8. The average Bonchev–Trinajstić information content (AvgIpc) is 3.46. The number of ether oxygens (including phenoxy) is 2. The normalized spacial score (nSPS) is 12.8. The molecule has 0 saturated heterocycles. The van der Waals surface area contributed by atoms with Gasteiger partial charge in [0.1, 0.15) is 12.1 Å². The molecule has 2 aromatic carbocycles. The molecule has 2 heterocycles. The van der Waals surface area contributed by atoms with E-state index in [0.29, 0.717) is 0 Å². The first-order valence-electron chi connectivity index (χ1n) is 10.8. The lowest BCUT2D eigenvalue weighted by Gasteiger charge is -2.20. The van der Waals surface area contributed by atoms with Gasteiger partial charge in [0.2, 0.25) is 0 Å². The largest absolute Gasteiger partial charge is 0.467 e. The Morgan fingerprint density at radius 2 is 1.15 bits per heavy atom. The van der Waals surface area contributed by atoms with Crippen molar-refractivity contribution in [3.8, 4) is 0 Å². The number of methoxy groups -OCH3 is 2. The molecule has 0 radical (unpaired) electrons. The fourth-order valence-electron chi connectivity index (χ4n) is 4.07. The Morgan fingerprint density at radius 3 is 1.56 bits per heavy atom. The van der Waals surface area contributed by atoms with Gasteiger partial charge < -0.3 is 30.1 Å². The average molecular weight is 463 g/mol. The molecule has 9 heteroatoms. The number of nitrogens with one attached hydrogen (secondary N) is 4. The van der Waals surface area contributed by atoms with Crippen LogP contribution in [0.25, 0.3) is 21.8 Å². The topological polar surface area (TPSA) is 125 Å². The molecule has 0 aliphatic rings. The van der Waals surface area contributed by atoms with Crippen molar-refractivity contribution < 1.29 is 23.9 Å². The summed E-state index contributed by atoms with van der Waals surface area (Å²) in [5.74, 6) is -1.18. The van der Waals surface area contributed by atoms with Gasteiger partial charge in [-0.15, -0.1) is 0 Å². The van der Waals surface area contributed by atoms with E-state index in [-0.39, 0.29) is 12.8 Å². The molecule has 2 atom stereocenters. The van der Waals surface area contributed by atoms with Crippen LogP contribution in [-0.4, -0.2) is 54.2 Å². The van der Waals surface area contributed by atoms with E-state index in [0.717, 1.165) is 32.9 Å². The summed E-state index contributed by atoms with van der Waals surface area (Å²) in [6.07, 6.45) is 4.04. The molecule has 0 spiro atoms. The molecule has 34 heavy (non-hydrogen) atoms. The van der Waals surface area contributed by atoms with Gasteiger partial charge in [0.25, 0.3) is 0 Å². The van der Waals surface area contributed by atoms with Crippen LogP contribution in [0, 0.1) is 0 Å². The number of aromatic amines is 2. The molecular formula is C25H26N4O5. The van der Waals surface area contributed by atoms with Gasteiger partial charge in [0.15, 0.2) is 0 Å². The monoisotopic (exact) mass is 462 g/mol. The Bertz CT molecular complexity index is 1230. The second-order valence-electron chi connectivity index (χ2n) is 7.90. The van der Waals surface area contributed by atoms with Gasteiger partial charge in [-0.3, -0.25) is 0 Å². The quantitative estimate of drug-likeness (QED) is 0.300. The highest BCUT2D eigenvalue weighted by molar-refractivity contribution is 5.89. The number of urea groups is 1. The van der Waals surface area contributed by atoms with Crippen LogP contribution in [0.1, 0.15) is 11.1 Å². The minimum absolute atomic E-state index is 0.218. The van der Waals surface area contributed by atoms with E-state index in [1.165, 1.54) is 14.2 Å². The van der Waals surface area contributed by atoms with E-state index in [4.69, 9.17) is 9.47 Å². The minimum Gasteiger partial charge on any atom is -0.467 e. The van der Waals surface area contributed by atoms with Crippen molar-refractivity contribution in [1.82, 2.24) is 20.6 Å². The van der Waals surface area contributed by atoms with E-state index in [2.05, 4.69) is 20.6 Å². The number of carbonyl (C=O) groups excluding carboxylic acids is 3. The molecule has 0 aliphatic heterocycles. The van der Waals surface area contributed by atoms with Crippen molar-refractivity contribution in [2.24, 2.45) is 0 Å². The number of hydrogen-bond acceptors (Lipinski definition) is 5. The molecule has 4 N–H and O–H groups in total. The zero-order chi connectivity index (χ0) is 24.1. The standard InChI is InChI=1S/C25H26N4O5/c1-33-23(30)21(11-15-13-26-19-9-5-3-7-17(15)19)28-25(32)29-22(24(31)34-2)12-16-14-27-20-10-6-4-8-18(16)20/h3-10,13-14,21-22,26-27H,11-12H2,1-2H3,(H2,28,29,32)/t21-,22-/m0/s1. The number of hydrogen-bond donors (Lipinski definition) is 4. The van der Waals surface area contributed by atoms with E-state index in [1.807, 2.05) is 48.5 Å². The molecule has 0 bridgehead atoms. The van der Waals surface area contributed by atoms with Crippen LogP contribution < -0.4 is 10.6 Å². The fourth-order valence-corrected chi connectivity index (χ4v) is 4.07. The van der Waals surface area contributed by atoms with Crippen molar-refractivity contribution in [3.05, 3.63) is 72.1 Å². The molecular weight excluding hydrogens is 436 g/mol. The summed E-state index contributed by atoms with van der Waals surface area (Å²) in [6.45, 7) is 0. The number of benzene rings is 2. The summed E-state index contributed by atoms with van der Waals surface area (Å²) in [5.41, 5.74) is 3.56. The van der Waals surface area contributed by atoms with Gasteiger partial charge in [0, 0.05) is 47.0 Å². The summed E-state index contributed by atoms with van der Waals surface area (Å²) in [7, 11) is 2.52. The minimum atomic E-state index is -0.949. The van der Waals surface area contributed by atoms with E-state index < -0.39 is 30.1 Å². The van der Waals surface area contributed by atoms with E-state index >= 15 is 0 Å².